The van der Waals surface area contributed by atoms with Crippen LogP contribution in [0.3, 0.4) is 0 Å². The van der Waals surface area contributed by atoms with Crippen molar-refractivity contribution in [3.63, 3.8) is 0 Å². The minimum absolute atomic E-state index is 0.0847. The highest BCUT2D eigenvalue weighted by molar-refractivity contribution is 6.33. The molecular weight excluding hydrogens is 204 g/mol. The smallest absolute Gasteiger partial charge is 0.339 e. The minimum Gasteiger partial charge on any atom is -0.459 e. The topological polar surface area (TPSA) is 38.8 Å². The molecule has 74 valence electrons. The lowest BCUT2D eigenvalue weighted by Crippen LogP contribution is -2.10. The maximum atomic E-state index is 11.4. The van der Waals surface area contributed by atoms with E-state index in [2.05, 4.69) is 0 Å². The Bertz CT molecular complexity index is 347. The van der Waals surface area contributed by atoms with E-state index in [1.165, 1.54) is 0 Å². The molecule has 0 saturated carbocycles. The van der Waals surface area contributed by atoms with Gasteiger partial charge in [-0.15, -0.1) is 0 Å². The summed E-state index contributed by atoms with van der Waals surface area (Å²) < 4.78 is 9.90. The molecule has 4 heteroatoms. The van der Waals surface area contributed by atoms with Crippen LogP contribution < -0.4 is 0 Å². The van der Waals surface area contributed by atoms with Gasteiger partial charge in [0.25, 0.3) is 0 Å². The molecule has 1 aliphatic rings. The fourth-order valence-electron chi connectivity index (χ4n) is 1.04. The fourth-order valence-corrected chi connectivity index (χ4v) is 1.25. The predicted molar refractivity (Wildman–Crippen MR) is 51.5 cm³/mol. The number of carbonyl (C=O) groups is 1. The third-order valence-corrected chi connectivity index (χ3v) is 2.23. The SMILES string of the molecule is O=C(OCC1CO1)c1ccccc1Cl. The number of halogens is 1. The number of carbonyl (C=O) groups excluding carboxylic acids is 1. The second kappa shape index (κ2) is 3.98. The van der Waals surface area contributed by atoms with Gasteiger partial charge >= 0.3 is 5.97 Å². The molecule has 1 fully saturated rings. The zero-order valence-corrected chi connectivity index (χ0v) is 8.16. The van der Waals surface area contributed by atoms with Crippen molar-refractivity contribution in [2.75, 3.05) is 13.2 Å². The van der Waals surface area contributed by atoms with Crippen LogP contribution in [0.1, 0.15) is 10.4 Å². The Morgan fingerprint density at radius 3 is 2.93 bits per heavy atom. The number of epoxide rings is 1. The van der Waals surface area contributed by atoms with E-state index in [0.717, 1.165) is 0 Å². The van der Waals surface area contributed by atoms with E-state index in [0.29, 0.717) is 23.8 Å². The van der Waals surface area contributed by atoms with Crippen molar-refractivity contribution in [3.8, 4) is 0 Å². The molecule has 0 bridgehead atoms. The van der Waals surface area contributed by atoms with Crippen LogP contribution in [-0.4, -0.2) is 25.3 Å². The van der Waals surface area contributed by atoms with Gasteiger partial charge in [0.1, 0.15) is 12.7 Å². The van der Waals surface area contributed by atoms with E-state index in [-0.39, 0.29) is 6.10 Å². The molecule has 14 heavy (non-hydrogen) atoms. The van der Waals surface area contributed by atoms with Crippen molar-refractivity contribution in [2.24, 2.45) is 0 Å². The summed E-state index contributed by atoms with van der Waals surface area (Å²) in [6.45, 7) is 0.986. The third-order valence-electron chi connectivity index (χ3n) is 1.90. The van der Waals surface area contributed by atoms with Crippen molar-refractivity contribution < 1.29 is 14.3 Å². The van der Waals surface area contributed by atoms with Crippen LogP contribution in [0.4, 0.5) is 0 Å². The first-order chi connectivity index (χ1) is 6.77. The van der Waals surface area contributed by atoms with Crippen molar-refractivity contribution in [1.82, 2.24) is 0 Å². The Labute approximate surface area is 86.6 Å². The summed E-state index contributed by atoms with van der Waals surface area (Å²) in [5.74, 6) is -0.397. The van der Waals surface area contributed by atoms with Crippen LogP contribution in [0.2, 0.25) is 5.02 Å². The Hall–Kier alpha value is -1.06. The van der Waals surface area contributed by atoms with Gasteiger partial charge in [-0.1, -0.05) is 23.7 Å². The average Bonchev–Trinajstić information content (AvgIpc) is 2.98. The molecule has 0 spiro atoms. The molecule has 0 radical (unpaired) electrons. The molecule has 0 aliphatic carbocycles. The van der Waals surface area contributed by atoms with E-state index in [9.17, 15) is 4.79 Å². The van der Waals surface area contributed by atoms with Crippen molar-refractivity contribution in [2.45, 2.75) is 6.10 Å². The van der Waals surface area contributed by atoms with Gasteiger partial charge in [0.2, 0.25) is 0 Å². The molecule has 0 aromatic heterocycles. The molecule has 3 nitrogen and oxygen atoms in total. The van der Waals surface area contributed by atoms with Gasteiger partial charge in [-0.2, -0.15) is 0 Å². The van der Waals surface area contributed by atoms with Crippen molar-refractivity contribution in [3.05, 3.63) is 34.9 Å². The molecule has 1 atom stereocenters. The van der Waals surface area contributed by atoms with E-state index in [1.807, 2.05) is 0 Å². The highest BCUT2D eigenvalue weighted by Gasteiger charge is 2.24. The van der Waals surface area contributed by atoms with E-state index in [1.54, 1.807) is 24.3 Å². The summed E-state index contributed by atoms with van der Waals surface area (Å²) in [7, 11) is 0. The Morgan fingerprint density at radius 1 is 1.57 bits per heavy atom. The minimum atomic E-state index is -0.397. The van der Waals surface area contributed by atoms with Crippen LogP contribution in [-0.2, 0) is 9.47 Å². The predicted octanol–water partition coefficient (Wildman–Crippen LogP) is 1.90. The monoisotopic (exact) mass is 212 g/mol. The maximum absolute atomic E-state index is 11.4. The van der Waals surface area contributed by atoms with Crippen LogP contribution in [0.5, 0.6) is 0 Å². The summed E-state index contributed by atoms with van der Waals surface area (Å²) in [4.78, 5) is 11.4. The first-order valence-corrected chi connectivity index (χ1v) is 4.68. The van der Waals surface area contributed by atoms with E-state index >= 15 is 0 Å². The molecule has 1 aliphatic heterocycles. The summed E-state index contributed by atoms with van der Waals surface area (Å²) >= 11 is 5.82. The highest BCUT2D eigenvalue weighted by Crippen LogP contribution is 2.17. The number of hydrogen-bond donors (Lipinski definition) is 0. The molecule has 1 unspecified atom stereocenters. The maximum Gasteiger partial charge on any atom is 0.339 e. The molecule has 1 aromatic rings. The molecule has 0 amide bonds. The fraction of sp³-hybridized carbons (Fsp3) is 0.300. The van der Waals surface area contributed by atoms with Gasteiger partial charge in [0, 0.05) is 0 Å². The van der Waals surface area contributed by atoms with Crippen LogP contribution in [0, 0.1) is 0 Å². The quantitative estimate of drug-likeness (QED) is 0.568. The summed E-state index contributed by atoms with van der Waals surface area (Å²) in [6, 6.07) is 6.81. The van der Waals surface area contributed by atoms with Gasteiger partial charge in [-0.05, 0) is 12.1 Å². The zero-order valence-electron chi connectivity index (χ0n) is 7.40. The first kappa shape index (κ1) is 9.49. The number of hydrogen-bond acceptors (Lipinski definition) is 3. The molecule has 1 aromatic carbocycles. The second-order valence-corrected chi connectivity index (χ2v) is 3.44. The number of rotatable bonds is 3. The Kier molecular flexibility index (Phi) is 2.70. The molecule has 1 heterocycles. The lowest BCUT2D eigenvalue weighted by atomic mass is 10.2. The van der Waals surface area contributed by atoms with Gasteiger partial charge in [0.05, 0.1) is 17.2 Å². The van der Waals surface area contributed by atoms with Crippen LogP contribution in [0.25, 0.3) is 0 Å². The van der Waals surface area contributed by atoms with Crippen molar-refractivity contribution >= 4 is 17.6 Å². The first-order valence-electron chi connectivity index (χ1n) is 4.30. The van der Waals surface area contributed by atoms with Gasteiger partial charge < -0.3 is 9.47 Å². The average molecular weight is 213 g/mol. The summed E-state index contributed by atoms with van der Waals surface area (Å²) in [6.07, 6.45) is 0.0847. The van der Waals surface area contributed by atoms with Crippen LogP contribution >= 0.6 is 11.6 Å². The highest BCUT2D eigenvalue weighted by atomic mass is 35.5. The molecule has 2 rings (SSSR count). The van der Waals surface area contributed by atoms with Gasteiger partial charge in [0.15, 0.2) is 0 Å². The van der Waals surface area contributed by atoms with Gasteiger partial charge in [-0.3, -0.25) is 0 Å². The van der Waals surface area contributed by atoms with E-state index < -0.39 is 5.97 Å². The molecular formula is C10H9ClO3. The summed E-state index contributed by atoms with van der Waals surface area (Å²) in [5.41, 5.74) is 0.398. The lowest BCUT2D eigenvalue weighted by Gasteiger charge is -2.03. The third kappa shape index (κ3) is 2.25. The van der Waals surface area contributed by atoms with Gasteiger partial charge in [-0.25, -0.2) is 4.79 Å². The second-order valence-electron chi connectivity index (χ2n) is 3.03. The standard InChI is InChI=1S/C10H9ClO3/c11-9-4-2-1-3-8(9)10(12)14-6-7-5-13-7/h1-4,7H,5-6H2. The van der Waals surface area contributed by atoms with Crippen molar-refractivity contribution in [1.29, 1.82) is 0 Å². The largest absolute Gasteiger partial charge is 0.459 e. The normalized spacial score (nSPS) is 19.1. The number of ether oxygens (including phenoxy) is 2. The van der Waals surface area contributed by atoms with Crippen LogP contribution in [0.15, 0.2) is 24.3 Å². The molecule has 0 N–H and O–H groups in total. The molecule has 1 saturated heterocycles. The van der Waals surface area contributed by atoms with E-state index in [4.69, 9.17) is 21.1 Å². The number of benzene rings is 1. The summed E-state index contributed by atoms with van der Waals surface area (Å²) in [5, 5.41) is 0.411. The Balaban J connectivity index is 1.98. The lowest BCUT2D eigenvalue weighted by molar-refractivity contribution is 0.0477. The number of esters is 1. The Morgan fingerprint density at radius 2 is 2.29 bits per heavy atom. The zero-order chi connectivity index (χ0) is 9.97.